The van der Waals surface area contributed by atoms with Crippen LogP contribution in [-0.4, -0.2) is 12.6 Å². The molecule has 4 saturated carbocycles. The van der Waals surface area contributed by atoms with Crippen LogP contribution in [0.4, 0.5) is 0 Å². The minimum absolute atomic E-state index is 0.677. The van der Waals surface area contributed by atoms with Crippen LogP contribution in [0.5, 0.6) is 0 Å². The molecular formula is C18H31N. The summed E-state index contributed by atoms with van der Waals surface area (Å²) in [5.41, 5.74) is 0.677. The molecule has 1 nitrogen and oxygen atoms in total. The van der Waals surface area contributed by atoms with E-state index in [-0.39, 0.29) is 0 Å². The summed E-state index contributed by atoms with van der Waals surface area (Å²) in [6.45, 7) is 3.75. The zero-order valence-corrected chi connectivity index (χ0v) is 12.7. The number of nitrogens with one attached hydrogen (secondary N) is 1. The van der Waals surface area contributed by atoms with Crippen LogP contribution in [0.25, 0.3) is 0 Å². The first-order valence-electron chi connectivity index (χ1n) is 9.05. The van der Waals surface area contributed by atoms with Gasteiger partial charge in [0, 0.05) is 12.6 Å². The second-order valence-corrected chi connectivity index (χ2v) is 8.20. The Labute approximate surface area is 118 Å². The Hall–Kier alpha value is -0.0400. The van der Waals surface area contributed by atoms with Gasteiger partial charge in [0.2, 0.25) is 0 Å². The van der Waals surface area contributed by atoms with Crippen LogP contribution in [0.2, 0.25) is 0 Å². The Kier molecular flexibility index (Phi) is 3.17. The normalized spacial score (nSPS) is 46.9. The van der Waals surface area contributed by atoms with E-state index in [9.17, 15) is 0 Å². The third-order valence-corrected chi connectivity index (χ3v) is 7.58. The van der Waals surface area contributed by atoms with E-state index in [1.54, 1.807) is 19.3 Å². The molecule has 0 radical (unpaired) electrons. The van der Waals surface area contributed by atoms with Gasteiger partial charge in [-0.3, -0.25) is 0 Å². The van der Waals surface area contributed by atoms with Crippen LogP contribution in [0.3, 0.4) is 0 Å². The molecule has 4 aliphatic carbocycles. The van der Waals surface area contributed by atoms with Crippen molar-refractivity contribution >= 4 is 0 Å². The van der Waals surface area contributed by atoms with E-state index in [1.165, 1.54) is 51.5 Å². The van der Waals surface area contributed by atoms with Crippen molar-refractivity contribution in [1.82, 2.24) is 5.32 Å². The zero-order chi connectivity index (χ0) is 12.9. The molecule has 4 rings (SSSR count). The minimum Gasteiger partial charge on any atom is -0.313 e. The smallest absolute Gasteiger partial charge is 0.0101 e. The Balaban J connectivity index is 1.37. The molecule has 0 aromatic carbocycles. The molecule has 1 N–H and O–H groups in total. The van der Waals surface area contributed by atoms with Gasteiger partial charge in [-0.15, -0.1) is 0 Å². The van der Waals surface area contributed by atoms with E-state index < -0.39 is 0 Å². The molecule has 0 aromatic rings. The van der Waals surface area contributed by atoms with Crippen molar-refractivity contribution < 1.29 is 0 Å². The number of rotatable bonds is 4. The maximum Gasteiger partial charge on any atom is 0.0101 e. The second kappa shape index (κ2) is 4.76. The predicted octanol–water partition coefficient (Wildman–Crippen LogP) is 4.37. The molecule has 108 valence electrons. The lowest BCUT2D eigenvalue weighted by molar-refractivity contribution is 0.181. The van der Waals surface area contributed by atoms with Crippen LogP contribution < -0.4 is 5.32 Å². The first kappa shape index (κ1) is 12.7. The van der Waals surface area contributed by atoms with Gasteiger partial charge in [0.25, 0.3) is 0 Å². The quantitative estimate of drug-likeness (QED) is 0.792. The summed E-state index contributed by atoms with van der Waals surface area (Å²) < 4.78 is 0. The largest absolute Gasteiger partial charge is 0.313 e. The molecule has 0 aliphatic heterocycles. The molecule has 0 heterocycles. The molecule has 5 unspecified atom stereocenters. The fourth-order valence-corrected chi connectivity index (χ4v) is 6.43. The van der Waals surface area contributed by atoms with Crippen molar-refractivity contribution in [2.24, 2.45) is 29.1 Å². The van der Waals surface area contributed by atoms with Gasteiger partial charge in [0.05, 0.1) is 0 Å². The molecule has 1 heteroatoms. The van der Waals surface area contributed by atoms with Gasteiger partial charge >= 0.3 is 0 Å². The fraction of sp³-hybridized carbons (Fsp3) is 1.00. The van der Waals surface area contributed by atoms with Gasteiger partial charge in [-0.1, -0.05) is 26.2 Å². The van der Waals surface area contributed by atoms with Crippen LogP contribution in [0.15, 0.2) is 0 Å². The average molecular weight is 261 g/mol. The van der Waals surface area contributed by atoms with Gasteiger partial charge in [0.1, 0.15) is 0 Å². The van der Waals surface area contributed by atoms with Crippen molar-refractivity contribution in [2.45, 2.75) is 77.2 Å². The van der Waals surface area contributed by atoms with Crippen LogP contribution in [-0.2, 0) is 0 Å². The van der Waals surface area contributed by atoms with Crippen molar-refractivity contribution in [2.75, 3.05) is 6.54 Å². The van der Waals surface area contributed by atoms with Gasteiger partial charge in [-0.2, -0.15) is 0 Å². The first-order valence-corrected chi connectivity index (χ1v) is 9.05. The van der Waals surface area contributed by atoms with E-state index in [4.69, 9.17) is 0 Å². The van der Waals surface area contributed by atoms with E-state index >= 15 is 0 Å². The third-order valence-electron chi connectivity index (χ3n) is 7.58. The van der Waals surface area contributed by atoms with Crippen molar-refractivity contribution in [3.8, 4) is 0 Å². The topological polar surface area (TPSA) is 12.0 Å². The van der Waals surface area contributed by atoms with Crippen molar-refractivity contribution in [3.63, 3.8) is 0 Å². The summed E-state index contributed by atoms with van der Waals surface area (Å²) in [7, 11) is 0. The van der Waals surface area contributed by atoms with Crippen molar-refractivity contribution in [3.05, 3.63) is 0 Å². The molecule has 4 fully saturated rings. The first-order chi connectivity index (χ1) is 9.31. The standard InChI is InChI=1S/C18H31N/c1-2-18(8-3-4-9-18)12-19-17-11-13-10-16(17)15-7-5-6-14(13)15/h13-17,19H,2-12H2,1H3. The molecule has 0 aromatic heterocycles. The summed E-state index contributed by atoms with van der Waals surface area (Å²) in [6, 6.07) is 0.897. The van der Waals surface area contributed by atoms with E-state index in [0.717, 1.165) is 29.7 Å². The average Bonchev–Trinajstić information content (AvgIpc) is 3.17. The number of fused-ring (bicyclic) bond motifs is 5. The van der Waals surface area contributed by atoms with E-state index in [1.807, 2.05) is 0 Å². The maximum absolute atomic E-state index is 4.06. The summed E-state index contributed by atoms with van der Waals surface area (Å²) in [4.78, 5) is 0. The molecule has 0 amide bonds. The van der Waals surface area contributed by atoms with Crippen LogP contribution >= 0.6 is 0 Å². The molecule has 4 aliphatic rings. The number of hydrogen-bond acceptors (Lipinski definition) is 1. The molecule has 5 atom stereocenters. The minimum atomic E-state index is 0.677. The highest BCUT2D eigenvalue weighted by molar-refractivity contribution is 5.06. The summed E-state index contributed by atoms with van der Waals surface area (Å²) in [5.74, 6) is 4.44. The molecule has 0 saturated heterocycles. The van der Waals surface area contributed by atoms with Crippen LogP contribution in [0, 0.1) is 29.1 Å². The highest BCUT2D eigenvalue weighted by Crippen LogP contribution is 2.58. The van der Waals surface area contributed by atoms with Crippen molar-refractivity contribution in [1.29, 1.82) is 0 Å². The van der Waals surface area contributed by atoms with E-state index in [0.29, 0.717) is 5.41 Å². The summed E-state index contributed by atoms with van der Waals surface area (Å²) in [6.07, 6.45) is 15.1. The van der Waals surface area contributed by atoms with Gasteiger partial charge < -0.3 is 5.32 Å². The molecular weight excluding hydrogens is 230 g/mol. The Morgan fingerprint density at radius 2 is 1.74 bits per heavy atom. The molecule has 19 heavy (non-hydrogen) atoms. The summed E-state index contributed by atoms with van der Waals surface area (Å²) >= 11 is 0. The highest BCUT2D eigenvalue weighted by atomic mass is 15.0. The van der Waals surface area contributed by atoms with Gasteiger partial charge in [-0.25, -0.2) is 0 Å². The lowest BCUT2D eigenvalue weighted by Gasteiger charge is -2.36. The highest BCUT2D eigenvalue weighted by Gasteiger charge is 2.53. The third kappa shape index (κ3) is 1.99. The number of hydrogen-bond donors (Lipinski definition) is 1. The Bertz CT molecular complexity index is 331. The molecule has 0 spiro atoms. The lowest BCUT2D eigenvalue weighted by atomic mass is 9.78. The Morgan fingerprint density at radius 3 is 2.53 bits per heavy atom. The predicted molar refractivity (Wildman–Crippen MR) is 80.0 cm³/mol. The van der Waals surface area contributed by atoms with Gasteiger partial charge in [-0.05, 0) is 74.0 Å². The maximum atomic E-state index is 4.06. The second-order valence-electron chi connectivity index (χ2n) is 8.20. The Morgan fingerprint density at radius 1 is 0.947 bits per heavy atom. The monoisotopic (exact) mass is 261 g/mol. The lowest BCUT2D eigenvalue weighted by Crippen LogP contribution is -2.44. The fourth-order valence-electron chi connectivity index (χ4n) is 6.43. The zero-order valence-electron chi connectivity index (χ0n) is 12.7. The summed E-state index contributed by atoms with van der Waals surface area (Å²) in [5, 5.41) is 4.06. The van der Waals surface area contributed by atoms with Crippen LogP contribution in [0.1, 0.15) is 71.1 Å². The molecule has 2 bridgehead atoms. The van der Waals surface area contributed by atoms with E-state index in [2.05, 4.69) is 12.2 Å². The van der Waals surface area contributed by atoms with Gasteiger partial charge in [0.15, 0.2) is 0 Å². The SMILES string of the molecule is CCC1(CNC2CC3CC2C2CCCC32)CCCC1.